The lowest BCUT2D eigenvalue weighted by molar-refractivity contribution is 0.103. The molecule has 0 fully saturated rings. The summed E-state index contributed by atoms with van der Waals surface area (Å²) in [5.74, 6) is -0.227. The Morgan fingerprint density at radius 1 is 1.37 bits per heavy atom. The van der Waals surface area contributed by atoms with Gasteiger partial charge in [-0.1, -0.05) is 54.5 Å². The number of allylic oxidation sites excluding steroid dienone is 3. The van der Waals surface area contributed by atoms with Crippen molar-refractivity contribution >= 4 is 45.4 Å². The van der Waals surface area contributed by atoms with E-state index in [9.17, 15) is 4.79 Å². The van der Waals surface area contributed by atoms with Crippen molar-refractivity contribution in [2.45, 2.75) is 26.7 Å². The van der Waals surface area contributed by atoms with Crippen LogP contribution in [0.25, 0.3) is 0 Å². The van der Waals surface area contributed by atoms with Gasteiger partial charge in [0.2, 0.25) is 0 Å². The number of para-hydroxylation sites is 1. The van der Waals surface area contributed by atoms with Gasteiger partial charge in [0.1, 0.15) is 4.88 Å². The van der Waals surface area contributed by atoms with Crippen molar-refractivity contribution in [2.24, 2.45) is 4.99 Å². The number of thiazole rings is 1. The van der Waals surface area contributed by atoms with Crippen LogP contribution in [-0.4, -0.2) is 23.1 Å². The maximum atomic E-state index is 12.5. The molecule has 0 saturated carbocycles. The maximum absolute atomic E-state index is 12.5. The fraction of sp³-hybridized carbons (Fsp3) is 0.250. The molecule has 7 heteroatoms. The topological polar surface area (TPSA) is 66.4 Å². The van der Waals surface area contributed by atoms with Crippen LogP contribution in [0.15, 0.2) is 53.3 Å². The van der Waals surface area contributed by atoms with Gasteiger partial charge >= 0.3 is 0 Å². The molecule has 3 rings (SSSR count). The summed E-state index contributed by atoms with van der Waals surface area (Å²) in [6.07, 6.45) is 9.62. The lowest BCUT2D eigenvalue weighted by atomic mass is 10.2. The van der Waals surface area contributed by atoms with E-state index in [0.29, 0.717) is 27.3 Å². The highest BCUT2D eigenvalue weighted by Gasteiger charge is 2.14. The van der Waals surface area contributed by atoms with Crippen LogP contribution in [0.1, 0.15) is 35.0 Å². The van der Waals surface area contributed by atoms with Crippen LogP contribution in [-0.2, 0) is 0 Å². The van der Waals surface area contributed by atoms with Crippen molar-refractivity contribution in [3.63, 3.8) is 0 Å². The predicted molar refractivity (Wildman–Crippen MR) is 114 cm³/mol. The number of anilines is 2. The van der Waals surface area contributed by atoms with Crippen molar-refractivity contribution < 1.29 is 4.79 Å². The third kappa shape index (κ3) is 5.05. The Balaban J connectivity index is 1.66. The van der Waals surface area contributed by atoms with E-state index in [2.05, 4.69) is 27.5 Å². The molecule has 0 aliphatic carbocycles. The molecule has 2 heterocycles. The monoisotopic (exact) mass is 400 g/mol. The van der Waals surface area contributed by atoms with E-state index >= 15 is 0 Å². The Kier molecular flexibility index (Phi) is 6.42. The fourth-order valence-electron chi connectivity index (χ4n) is 2.61. The number of carbonyl (C=O) groups excluding carboxylic acids is 1. The second-order valence-corrected chi connectivity index (χ2v) is 7.59. The number of carbonyl (C=O) groups is 1. The normalized spacial score (nSPS) is 13.6. The summed E-state index contributed by atoms with van der Waals surface area (Å²) in [7, 11) is 0. The Morgan fingerprint density at radius 2 is 2.22 bits per heavy atom. The third-order valence-electron chi connectivity index (χ3n) is 4.00. The van der Waals surface area contributed by atoms with Crippen LogP contribution in [0.3, 0.4) is 0 Å². The molecule has 140 valence electrons. The molecular weight excluding hydrogens is 380 g/mol. The number of aryl methyl sites for hydroxylation is 1. The summed E-state index contributed by atoms with van der Waals surface area (Å²) in [4.78, 5) is 21.9. The van der Waals surface area contributed by atoms with E-state index in [1.165, 1.54) is 11.3 Å². The molecule has 1 amide bonds. The molecule has 0 spiro atoms. The van der Waals surface area contributed by atoms with Crippen LogP contribution >= 0.6 is 22.9 Å². The van der Waals surface area contributed by atoms with E-state index in [1.807, 2.05) is 37.3 Å². The van der Waals surface area contributed by atoms with Crippen LogP contribution in [0.4, 0.5) is 10.8 Å². The average Bonchev–Trinajstić information content (AvgIpc) is 3.00. The molecule has 2 N–H and O–H groups in total. The third-order valence-corrected chi connectivity index (χ3v) is 5.23. The minimum atomic E-state index is -0.227. The van der Waals surface area contributed by atoms with Crippen LogP contribution in [0, 0.1) is 6.92 Å². The highest BCUT2D eigenvalue weighted by Crippen LogP contribution is 2.27. The number of benzene rings is 1. The van der Waals surface area contributed by atoms with Crippen molar-refractivity contribution in [1.29, 1.82) is 0 Å². The van der Waals surface area contributed by atoms with Gasteiger partial charge in [-0.3, -0.25) is 9.79 Å². The standard InChI is InChI=1S/C20H21ClN4OS/c1-3-6-14-8-5-9-15(11-22-14)24-20-23-12-17(27-20)19(26)25-18-13(2)7-4-10-16(18)21/h4-5,7-10,12H,3,6,11H2,1-2H3,(H,23,24)(H,25,26). The molecule has 0 atom stereocenters. The number of amides is 1. The van der Waals surface area contributed by atoms with Crippen molar-refractivity contribution in [1.82, 2.24) is 4.98 Å². The number of hydrogen-bond acceptors (Lipinski definition) is 5. The molecule has 0 saturated heterocycles. The number of aliphatic imine (C=N–C) groups is 1. The molecule has 5 nitrogen and oxygen atoms in total. The van der Waals surface area contributed by atoms with E-state index < -0.39 is 0 Å². The summed E-state index contributed by atoms with van der Waals surface area (Å²) in [5, 5.41) is 7.29. The Hall–Kier alpha value is -2.44. The second kappa shape index (κ2) is 8.97. The van der Waals surface area contributed by atoms with Gasteiger partial charge in [0, 0.05) is 11.4 Å². The average molecular weight is 401 g/mol. The van der Waals surface area contributed by atoms with Crippen molar-refractivity contribution in [3.8, 4) is 0 Å². The predicted octanol–water partition coefficient (Wildman–Crippen LogP) is 5.46. The SMILES string of the molecule is CCCC1=NCC(Nc2ncc(C(=O)Nc3c(C)cccc3Cl)s2)=CC=C1. The molecule has 1 aromatic carbocycles. The Bertz CT molecular complexity index is 910. The fourth-order valence-corrected chi connectivity index (χ4v) is 3.62. The van der Waals surface area contributed by atoms with Crippen LogP contribution < -0.4 is 10.6 Å². The van der Waals surface area contributed by atoms with Crippen LogP contribution in [0.5, 0.6) is 0 Å². The quantitative estimate of drug-likeness (QED) is 0.676. The number of nitrogens with one attached hydrogen (secondary N) is 2. The van der Waals surface area contributed by atoms with Crippen LogP contribution in [0.2, 0.25) is 5.02 Å². The summed E-state index contributed by atoms with van der Waals surface area (Å²) < 4.78 is 0. The summed E-state index contributed by atoms with van der Waals surface area (Å²) in [5.41, 5.74) is 3.58. The van der Waals surface area contributed by atoms with Gasteiger partial charge in [-0.15, -0.1) is 0 Å². The van der Waals surface area contributed by atoms with Gasteiger partial charge in [0.15, 0.2) is 5.13 Å². The Labute approximate surface area is 167 Å². The molecular formula is C20H21ClN4OS. The van der Waals surface area contributed by atoms with E-state index in [-0.39, 0.29) is 5.91 Å². The first-order valence-corrected chi connectivity index (χ1v) is 9.96. The maximum Gasteiger partial charge on any atom is 0.267 e. The van der Waals surface area contributed by atoms with Crippen molar-refractivity contribution in [3.05, 3.63) is 63.8 Å². The largest absolute Gasteiger partial charge is 0.333 e. The van der Waals surface area contributed by atoms with E-state index in [1.54, 1.807) is 12.3 Å². The second-order valence-electron chi connectivity index (χ2n) is 6.15. The summed E-state index contributed by atoms with van der Waals surface area (Å²) >= 11 is 7.47. The molecule has 1 aliphatic rings. The molecule has 0 unspecified atom stereocenters. The number of nitrogens with zero attached hydrogens (tertiary/aromatic N) is 2. The molecule has 2 aromatic rings. The number of hydrogen-bond donors (Lipinski definition) is 2. The lowest BCUT2D eigenvalue weighted by Crippen LogP contribution is -2.11. The zero-order valence-corrected chi connectivity index (χ0v) is 16.8. The summed E-state index contributed by atoms with van der Waals surface area (Å²) in [6, 6.07) is 5.51. The molecule has 1 aromatic heterocycles. The van der Waals surface area contributed by atoms with Crippen molar-refractivity contribution in [2.75, 3.05) is 17.2 Å². The minimum Gasteiger partial charge on any atom is -0.333 e. The smallest absolute Gasteiger partial charge is 0.267 e. The number of halogens is 1. The summed E-state index contributed by atoms with van der Waals surface area (Å²) in [6.45, 7) is 4.61. The van der Waals surface area contributed by atoms with E-state index in [4.69, 9.17) is 11.6 Å². The first-order valence-electron chi connectivity index (χ1n) is 8.76. The minimum absolute atomic E-state index is 0.227. The van der Waals surface area contributed by atoms with Gasteiger partial charge in [-0.2, -0.15) is 0 Å². The highest BCUT2D eigenvalue weighted by atomic mass is 35.5. The first-order chi connectivity index (χ1) is 13.1. The zero-order chi connectivity index (χ0) is 19.2. The number of rotatable bonds is 6. The van der Waals surface area contributed by atoms with E-state index in [0.717, 1.165) is 29.8 Å². The van der Waals surface area contributed by atoms with Gasteiger partial charge in [-0.05, 0) is 37.1 Å². The van der Waals surface area contributed by atoms with Gasteiger partial charge < -0.3 is 10.6 Å². The van der Waals surface area contributed by atoms with Gasteiger partial charge in [0.05, 0.1) is 23.5 Å². The van der Waals surface area contributed by atoms with Gasteiger partial charge in [0.25, 0.3) is 5.91 Å². The first kappa shape index (κ1) is 19.3. The lowest BCUT2D eigenvalue weighted by Gasteiger charge is -2.08. The number of aromatic nitrogens is 1. The molecule has 27 heavy (non-hydrogen) atoms. The van der Waals surface area contributed by atoms with Gasteiger partial charge in [-0.25, -0.2) is 4.98 Å². The molecule has 1 aliphatic heterocycles. The molecule has 0 radical (unpaired) electrons. The Morgan fingerprint density at radius 3 is 3.00 bits per heavy atom. The highest BCUT2D eigenvalue weighted by molar-refractivity contribution is 7.17. The zero-order valence-electron chi connectivity index (χ0n) is 15.3. The molecule has 0 bridgehead atoms.